The highest BCUT2D eigenvalue weighted by atomic mass is 16.6. The van der Waals surface area contributed by atoms with E-state index in [1.807, 2.05) is 25.7 Å². The second-order valence-corrected chi connectivity index (χ2v) is 10.3. The maximum absolute atomic E-state index is 12.2. The average molecular weight is 460 g/mol. The fourth-order valence-electron chi connectivity index (χ4n) is 4.55. The number of likely N-dealkylation sites (tertiary alicyclic amines) is 1. The molecule has 7 heteroatoms. The number of ether oxygens (including phenoxy) is 2. The highest BCUT2D eigenvalue weighted by Gasteiger charge is 2.27. The van der Waals surface area contributed by atoms with Gasteiger partial charge in [0, 0.05) is 51.4 Å². The molecule has 0 aliphatic carbocycles. The van der Waals surface area contributed by atoms with E-state index in [9.17, 15) is 9.59 Å². The predicted octanol–water partition coefficient (Wildman–Crippen LogP) is 3.95. The predicted molar refractivity (Wildman–Crippen MR) is 131 cm³/mol. The number of hydrogen-bond acceptors (Lipinski definition) is 6. The van der Waals surface area contributed by atoms with Gasteiger partial charge in [0.05, 0.1) is 7.11 Å². The Kier molecular flexibility index (Phi) is 9.01. The van der Waals surface area contributed by atoms with Gasteiger partial charge >= 0.3 is 12.1 Å². The van der Waals surface area contributed by atoms with Gasteiger partial charge in [-0.3, -0.25) is 9.69 Å². The standard InChI is InChI=1S/C26H41N3O4/c1-26(2,3)33-25(31)29-15-12-22(13-16-29)11-14-27-17-19-28(20-18-27)23-8-5-21(6-9-23)7-10-24(30)32-4/h5-6,8-9,22H,7,10-20H2,1-4H3. The molecule has 0 unspecified atom stereocenters. The summed E-state index contributed by atoms with van der Waals surface area (Å²) in [4.78, 5) is 30.4. The van der Waals surface area contributed by atoms with Crippen molar-refractivity contribution in [1.82, 2.24) is 9.80 Å². The third-order valence-electron chi connectivity index (χ3n) is 6.64. The first-order chi connectivity index (χ1) is 15.7. The molecule has 0 radical (unpaired) electrons. The number of benzene rings is 1. The van der Waals surface area contributed by atoms with Gasteiger partial charge in [0.15, 0.2) is 0 Å². The van der Waals surface area contributed by atoms with Crippen molar-refractivity contribution >= 4 is 17.7 Å². The highest BCUT2D eigenvalue weighted by molar-refractivity contribution is 5.69. The zero-order chi connectivity index (χ0) is 23.8. The fourth-order valence-corrected chi connectivity index (χ4v) is 4.55. The van der Waals surface area contributed by atoms with Crippen LogP contribution in [0, 0.1) is 5.92 Å². The van der Waals surface area contributed by atoms with Crippen LogP contribution in [-0.4, -0.2) is 80.4 Å². The Morgan fingerprint density at radius 2 is 1.61 bits per heavy atom. The van der Waals surface area contributed by atoms with E-state index in [0.717, 1.165) is 65.1 Å². The van der Waals surface area contributed by atoms with Crippen LogP contribution in [0.3, 0.4) is 0 Å². The Morgan fingerprint density at radius 3 is 2.18 bits per heavy atom. The average Bonchev–Trinajstić information content (AvgIpc) is 2.81. The molecule has 33 heavy (non-hydrogen) atoms. The molecule has 0 atom stereocenters. The molecule has 0 aromatic heterocycles. The first-order valence-electron chi connectivity index (χ1n) is 12.3. The van der Waals surface area contributed by atoms with Crippen molar-refractivity contribution in [3.8, 4) is 0 Å². The van der Waals surface area contributed by atoms with E-state index in [4.69, 9.17) is 9.47 Å². The lowest BCUT2D eigenvalue weighted by atomic mass is 9.93. The number of piperidine rings is 1. The SMILES string of the molecule is COC(=O)CCc1ccc(N2CCN(CCC3CCN(C(=O)OC(C)(C)C)CC3)CC2)cc1. The molecular formula is C26H41N3O4. The Balaban J connectivity index is 1.33. The molecule has 3 rings (SSSR count). The van der Waals surface area contributed by atoms with Gasteiger partial charge < -0.3 is 19.3 Å². The quantitative estimate of drug-likeness (QED) is 0.576. The fraction of sp³-hybridized carbons (Fsp3) is 0.692. The summed E-state index contributed by atoms with van der Waals surface area (Å²) in [6.45, 7) is 12.8. The van der Waals surface area contributed by atoms with Gasteiger partial charge in [-0.2, -0.15) is 0 Å². The lowest BCUT2D eigenvalue weighted by Crippen LogP contribution is -2.47. The van der Waals surface area contributed by atoms with Crippen LogP contribution in [-0.2, 0) is 20.7 Å². The molecule has 2 aliphatic rings. The molecule has 0 bridgehead atoms. The molecule has 2 fully saturated rings. The monoisotopic (exact) mass is 459 g/mol. The number of amides is 1. The Morgan fingerprint density at radius 1 is 0.970 bits per heavy atom. The molecule has 7 nitrogen and oxygen atoms in total. The number of carbonyl (C=O) groups is 2. The van der Waals surface area contributed by atoms with E-state index >= 15 is 0 Å². The number of piperazine rings is 1. The van der Waals surface area contributed by atoms with Crippen LogP contribution in [0.4, 0.5) is 10.5 Å². The number of nitrogens with zero attached hydrogens (tertiary/aromatic N) is 3. The normalized spacial score (nSPS) is 18.3. The first kappa shape index (κ1) is 25.3. The smallest absolute Gasteiger partial charge is 0.410 e. The minimum absolute atomic E-state index is 0.163. The minimum atomic E-state index is -0.428. The van der Waals surface area contributed by atoms with Crippen LogP contribution in [0.15, 0.2) is 24.3 Å². The van der Waals surface area contributed by atoms with Gasteiger partial charge in [0.25, 0.3) is 0 Å². The molecule has 2 saturated heterocycles. The van der Waals surface area contributed by atoms with Crippen molar-refractivity contribution in [2.75, 3.05) is 57.8 Å². The molecule has 0 saturated carbocycles. The van der Waals surface area contributed by atoms with Crippen molar-refractivity contribution in [3.05, 3.63) is 29.8 Å². The lowest BCUT2D eigenvalue weighted by molar-refractivity contribution is -0.140. The van der Waals surface area contributed by atoms with E-state index in [0.29, 0.717) is 12.3 Å². The summed E-state index contributed by atoms with van der Waals surface area (Å²) < 4.78 is 10.2. The van der Waals surface area contributed by atoms with Crippen molar-refractivity contribution in [3.63, 3.8) is 0 Å². The summed E-state index contributed by atoms with van der Waals surface area (Å²) in [5, 5.41) is 0. The molecular weight excluding hydrogens is 418 g/mol. The number of hydrogen-bond donors (Lipinski definition) is 0. The molecule has 1 aromatic rings. The minimum Gasteiger partial charge on any atom is -0.469 e. The van der Waals surface area contributed by atoms with Crippen LogP contribution >= 0.6 is 0 Å². The van der Waals surface area contributed by atoms with Crippen LogP contribution in [0.5, 0.6) is 0 Å². The zero-order valence-corrected chi connectivity index (χ0v) is 20.8. The molecule has 184 valence electrons. The van der Waals surface area contributed by atoms with Crippen LogP contribution in [0.2, 0.25) is 0 Å². The summed E-state index contributed by atoms with van der Waals surface area (Å²) >= 11 is 0. The Bertz CT molecular complexity index is 759. The number of carbonyl (C=O) groups excluding carboxylic acids is 2. The second-order valence-electron chi connectivity index (χ2n) is 10.3. The number of methoxy groups -OCH3 is 1. The van der Waals surface area contributed by atoms with Gasteiger partial charge in [0.1, 0.15) is 5.60 Å². The third-order valence-corrected chi connectivity index (χ3v) is 6.64. The summed E-state index contributed by atoms with van der Waals surface area (Å²) in [5.74, 6) is 0.531. The number of rotatable bonds is 7. The largest absolute Gasteiger partial charge is 0.469 e. The maximum atomic E-state index is 12.2. The summed E-state index contributed by atoms with van der Waals surface area (Å²) in [6.07, 6.45) is 4.32. The van der Waals surface area contributed by atoms with E-state index in [1.165, 1.54) is 24.8 Å². The Labute approximate surface area is 199 Å². The van der Waals surface area contributed by atoms with Gasteiger partial charge in [-0.25, -0.2) is 4.79 Å². The summed E-state index contributed by atoms with van der Waals surface area (Å²) in [5.41, 5.74) is 1.99. The van der Waals surface area contributed by atoms with Crippen LogP contribution < -0.4 is 4.90 Å². The number of anilines is 1. The third kappa shape index (κ3) is 8.22. The second kappa shape index (κ2) is 11.7. The first-order valence-corrected chi connectivity index (χ1v) is 12.3. The molecule has 0 spiro atoms. The molecule has 0 N–H and O–H groups in total. The van der Waals surface area contributed by atoms with Gasteiger partial charge in [-0.1, -0.05) is 12.1 Å². The molecule has 2 aliphatic heterocycles. The van der Waals surface area contributed by atoms with Gasteiger partial charge in [0.2, 0.25) is 0 Å². The molecule has 1 aromatic carbocycles. The van der Waals surface area contributed by atoms with Crippen molar-refractivity contribution in [2.45, 2.75) is 58.5 Å². The van der Waals surface area contributed by atoms with Crippen LogP contribution in [0.1, 0.15) is 52.0 Å². The summed E-state index contributed by atoms with van der Waals surface area (Å²) in [7, 11) is 1.43. The van der Waals surface area contributed by atoms with Gasteiger partial charge in [-0.05, 0) is 76.6 Å². The van der Waals surface area contributed by atoms with Crippen LogP contribution in [0.25, 0.3) is 0 Å². The highest BCUT2D eigenvalue weighted by Crippen LogP contribution is 2.23. The lowest BCUT2D eigenvalue weighted by Gasteiger charge is -2.38. The van der Waals surface area contributed by atoms with Gasteiger partial charge in [-0.15, -0.1) is 0 Å². The van der Waals surface area contributed by atoms with E-state index < -0.39 is 5.60 Å². The number of aryl methyl sites for hydroxylation is 1. The van der Waals surface area contributed by atoms with E-state index in [1.54, 1.807) is 0 Å². The van der Waals surface area contributed by atoms with E-state index in [-0.39, 0.29) is 12.1 Å². The van der Waals surface area contributed by atoms with E-state index in [2.05, 4.69) is 34.1 Å². The zero-order valence-electron chi connectivity index (χ0n) is 20.8. The maximum Gasteiger partial charge on any atom is 0.410 e. The summed E-state index contributed by atoms with van der Waals surface area (Å²) in [6, 6.07) is 8.57. The molecule has 1 amide bonds. The van der Waals surface area contributed by atoms with Crippen molar-refractivity contribution < 1.29 is 19.1 Å². The van der Waals surface area contributed by atoms with Crippen molar-refractivity contribution in [1.29, 1.82) is 0 Å². The topological polar surface area (TPSA) is 62.3 Å². The number of esters is 1. The molecule has 2 heterocycles. The Hall–Kier alpha value is -2.28. The van der Waals surface area contributed by atoms with Crippen molar-refractivity contribution in [2.24, 2.45) is 5.92 Å².